The normalized spacial score (nSPS) is 20.4. The van der Waals surface area contributed by atoms with Crippen LogP contribution in [0.25, 0.3) is 0 Å². The fourth-order valence-electron chi connectivity index (χ4n) is 2.44. The Bertz CT molecular complexity index is 326. The van der Waals surface area contributed by atoms with Crippen LogP contribution in [0.2, 0.25) is 0 Å². The van der Waals surface area contributed by atoms with Gasteiger partial charge in [-0.05, 0) is 44.0 Å². The number of likely N-dealkylation sites (tertiary alicyclic amines) is 1. The fourth-order valence-corrected chi connectivity index (χ4v) is 2.44. The zero-order valence-electron chi connectivity index (χ0n) is 11.1. The summed E-state index contributed by atoms with van der Waals surface area (Å²) in [6.07, 6.45) is 2.62. The Kier molecular flexibility index (Phi) is 4.19. The zero-order chi connectivity index (χ0) is 12.1. The van der Waals surface area contributed by atoms with E-state index in [1.165, 1.54) is 31.5 Å². The molecule has 0 bridgehead atoms. The predicted molar refractivity (Wildman–Crippen MR) is 73.0 cm³/mol. The van der Waals surface area contributed by atoms with Crippen LogP contribution in [0.5, 0.6) is 0 Å². The summed E-state index contributed by atoms with van der Waals surface area (Å²) in [7, 11) is 2.22. The molecule has 0 radical (unpaired) electrons. The molecule has 1 N–H and O–H groups in total. The van der Waals surface area contributed by atoms with Gasteiger partial charge in [0.25, 0.3) is 0 Å². The van der Waals surface area contributed by atoms with Gasteiger partial charge in [0.15, 0.2) is 0 Å². The summed E-state index contributed by atoms with van der Waals surface area (Å²) in [4.78, 5) is 2.43. The summed E-state index contributed by atoms with van der Waals surface area (Å²) in [6.45, 7) is 7.02. The first-order valence-electron chi connectivity index (χ1n) is 6.61. The lowest BCUT2D eigenvalue weighted by Crippen LogP contribution is -2.41. The molecule has 1 aliphatic heterocycles. The van der Waals surface area contributed by atoms with E-state index < -0.39 is 0 Å². The van der Waals surface area contributed by atoms with Crippen LogP contribution in [0.4, 0.5) is 0 Å². The van der Waals surface area contributed by atoms with Crippen molar-refractivity contribution in [2.75, 3.05) is 26.7 Å². The van der Waals surface area contributed by atoms with Crippen molar-refractivity contribution >= 4 is 0 Å². The maximum atomic E-state index is 3.61. The summed E-state index contributed by atoms with van der Waals surface area (Å²) < 4.78 is 0. The van der Waals surface area contributed by atoms with E-state index in [4.69, 9.17) is 0 Å². The van der Waals surface area contributed by atoms with Gasteiger partial charge in [0.05, 0.1) is 0 Å². The van der Waals surface area contributed by atoms with E-state index in [0.29, 0.717) is 5.41 Å². The smallest absolute Gasteiger partial charge is 0.0205 e. The highest BCUT2D eigenvalue weighted by atomic mass is 15.1. The van der Waals surface area contributed by atoms with E-state index in [1.54, 1.807) is 0 Å². The van der Waals surface area contributed by atoms with Gasteiger partial charge in [0.1, 0.15) is 0 Å². The van der Waals surface area contributed by atoms with Crippen LogP contribution in [0.3, 0.4) is 0 Å². The number of hydrogen-bond acceptors (Lipinski definition) is 2. The van der Waals surface area contributed by atoms with Gasteiger partial charge in [-0.15, -0.1) is 0 Å². The van der Waals surface area contributed by atoms with Crippen molar-refractivity contribution in [3.8, 4) is 0 Å². The van der Waals surface area contributed by atoms with E-state index in [2.05, 4.69) is 54.5 Å². The number of benzene rings is 1. The summed E-state index contributed by atoms with van der Waals surface area (Å²) in [5.74, 6) is 0. The lowest BCUT2D eigenvalue weighted by Gasteiger charge is -2.38. The van der Waals surface area contributed by atoms with Gasteiger partial charge in [-0.25, -0.2) is 0 Å². The molecule has 1 fully saturated rings. The van der Waals surface area contributed by atoms with Crippen LogP contribution in [0.1, 0.15) is 25.3 Å². The lowest BCUT2D eigenvalue weighted by molar-refractivity contribution is 0.137. The minimum Gasteiger partial charge on any atom is -0.312 e. The van der Waals surface area contributed by atoms with E-state index in [1.807, 2.05) is 0 Å². The second-order valence-corrected chi connectivity index (χ2v) is 5.70. The number of nitrogens with one attached hydrogen (secondary N) is 1. The highest BCUT2D eigenvalue weighted by Crippen LogP contribution is 2.29. The molecule has 0 aliphatic carbocycles. The average molecular weight is 232 g/mol. The Morgan fingerprint density at radius 3 is 2.47 bits per heavy atom. The Morgan fingerprint density at radius 1 is 1.18 bits per heavy atom. The molecule has 0 spiro atoms. The molecule has 0 amide bonds. The molecule has 0 saturated carbocycles. The molecule has 1 aliphatic rings. The quantitative estimate of drug-likeness (QED) is 0.858. The van der Waals surface area contributed by atoms with Gasteiger partial charge >= 0.3 is 0 Å². The van der Waals surface area contributed by atoms with Crippen LogP contribution in [0, 0.1) is 5.41 Å². The van der Waals surface area contributed by atoms with E-state index >= 15 is 0 Å². The Balaban J connectivity index is 1.75. The largest absolute Gasteiger partial charge is 0.312 e. The Labute approximate surface area is 105 Å². The maximum Gasteiger partial charge on any atom is 0.0205 e. The second-order valence-electron chi connectivity index (χ2n) is 5.70. The van der Waals surface area contributed by atoms with E-state index in [0.717, 1.165) is 13.1 Å². The molecule has 17 heavy (non-hydrogen) atoms. The van der Waals surface area contributed by atoms with Crippen molar-refractivity contribution in [1.82, 2.24) is 10.2 Å². The molecule has 94 valence electrons. The molecule has 0 unspecified atom stereocenters. The van der Waals surface area contributed by atoms with Crippen molar-refractivity contribution < 1.29 is 0 Å². The first kappa shape index (κ1) is 12.6. The van der Waals surface area contributed by atoms with Crippen molar-refractivity contribution in [3.63, 3.8) is 0 Å². The van der Waals surface area contributed by atoms with Crippen LogP contribution in [0.15, 0.2) is 30.3 Å². The summed E-state index contributed by atoms with van der Waals surface area (Å²) in [5.41, 5.74) is 1.87. The first-order chi connectivity index (χ1) is 8.18. The highest BCUT2D eigenvalue weighted by molar-refractivity contribution is 5.14. The summed E-state index contributed by atoms with van der Waals surface area (Å²) in [5, 5.41) is 3.61. The molecule has 1 aromatic rings. The minimum atomic E-state index is 0.487. The number of rotatable bonds is 4. The monoisotopic (exact) mass is 232 g/mol. The first-order valence-corrected chi connectivity index (χ1v) is 6.61. The van der Waals surface area contributed by atoms with Crippen LogP contribution in [-0.2, 0) is 6.54 Å². The lowest BCUT2D eigenvalue weighted by atomic mass is 9.80. The van der Waals surface area contributed by atoms with Gasteiger partial charge in [0, 0.05) is 13.1 Å². The van der Waals surface area contributed by atoms with E-state index in [-0.39, 0.29) is 0 Å². The molecular weight excluding hydrogens is 208 g/mol. The van der Waals surface area contributed by atoms with Crippen molar-refractivity contribution in [2.45, 2.75) is 26.3 Å². The molecule has 1 saturated heterocycles. The SMILES string of the molecule is CN1CCC(C)(CNCc2ccccc2)CC1. The minimum absolute atomic E-state index is 0.487. The van der Waals surface area contributed by atoms with Crippen molar-refractivity contribution in [2.24, 2.45) is 5.41 Å². The molecule has 2 heteroatoms. The molecule has 2 nitrogen and oxygen atoms in total. The van der Waals surface area contributed by atoms with Gasteiger partial charge in [-0.2, -0.15) is 0 Å². The average Bonchev–Trinajstić information content (AvgIpc) is 2.35. The number of hydrogen-bond donors (Lipinski definition) is 1. The van der Waals surface area contributed by atoms with Gasteiger partial charge in [0.2, 0.25) is 0 Å². The maximum absolute atomic E-state index is 3.61. The highest BCUT2D eigenvalue weighted by Gasteiger charge is 2.28. The van der Waals surface area contributed by atoms with Gasteiger partial charge in [-0.3, -0.25) is 0 Å². The predicted octanol–water partition coefficient (Wildman–Crippen LogP) is 2.51. The van der Waals surface area contributed by atoms with E-state index in [9.17, 15) is 0 Å². The van der Waals surface area contributed by atoms with Crippen molar-refractivity contribution in [1.29, 1.82) is 0 Å². The van der Waals surface area contributed by atoms with Gasteiger partial charge in [-0.1, -0.05) is 37.3 Å². The molecule has 1 aromatic carbocycles. The van der Waals surface area contributed by atoms with Crippen LogP contribution < -0.4 is 5.32 Å². The fraction of sp³-hybridized carbons (Fsp3) is 0.600. The molecule has 0 aromatic heterocycles. The number of nitrogens with zero attached hydrogens (tertiary/aromatic N) is 1. The third-order valence-electron chi connectivity index (χ3n) is 3.92. The number of piperidine rings is 1. The third kappa shape index (κ3) is 3.83. The van der Waals surface area contributed by atoms with Crippen LogP contribution in [-0.4, -0.2) is 31.6 Å². The van der Waals surface area contributed by atoms with Crippen molar-refractivity contribution in [3.05, 3.63) is 35.9 Å². The standard InChI is InChI=1S/C15H24N2/c1-15(8-10-17(2)11-9-15)13-16-12-14-6-4-3-5-7-14/h3-7,16H,8-13H2,1-2H3. The molecule has 2 rings (SSSR count). The molecule has 1 heterocycles. The Morgan fingerprint density at radius 2 is 1.82 bits per heavy atom. The van der Waals surface area contributed by atoms with Crippen LogP contribution >= 0.6 is 0 Å². The van der Waals surface area contributed by atoms with Gasteiger partial charge < -0.3 is 10.2 Å². The Hall–Kier alpha value is -0.860. The topological polar surface area (TPSA) is 15.3 Å². The molecular formula is C15H24N2. The summed E-state index contributed by atoms with van der Waals surface area (Å²) >= 11 is 0. The third-order valence-corrected chi connectivity index (χ3v) is 3.92. The zero-order valence-corrected chi connectivity index (χ0v) is 11.1. The second kappa shape index (κ2) is 5.65. The molecule has 0 atom stereocenters. The summed E-state index contributed by atoms with van der Waals surface area (Å²) in [6, 6.07) is 10.7.